The Labute approximate surface area is 91.4 Å². The topological polar surface area (TPSA) is 61.4 Å². The molecule has 1 rings (SSSR count). The molecular formula is C11H22N2O2. The molecule has 0 aromatic rings. The summed E-state index contributed by atoms with van der Waals surface area (Å²) in [4.78, 5) is 11.5. The Hall–Kier alpha value is -0.610. The lowest BCUT2D eigenvalue weighted by Crippen LogP contribution is -2.34. The second kappa shape index (κ2) is 6.80. The van der Waals surface area contributed by atoms with Gasteiger partial charge < -0.3 is 15.7 Å². The molecule has 1 aliphatic heterocycles. The fraction of sp³-hybridized carbons (Fsp3) is 0.909. The Morgan fingerprint density at radius 3 is 3.07 bits per heavy atom. The fourth-order valence-electron chi connectivity index (χ4n) is 1.85. The van der Waals surface area contributed by atoms with Gasteiger partial charge >= 0.3 is 0 Å². The third-order valence-electron chi connectivity index (χ3n) is 2.76. The summed E-state index contributed by atoms with van der Waals surface area (Å²) >= 11 is 0. The van der Waals surface area contributed by atoms with Crippen LogP contribution < -0.4 is 10.6 Å². The predicted molar refractivity (Wildman–Crippen MR) is 59.5 cm³/mol. The maximum Gasteiger partial charge on any atom is 0.220 e. The van der Waals surface area contributed by atoms with E-state index < -0.39 is 0 Å². The van der Waals surface area contributed by atoms with E-state index in [2.05, 4.69) is 10.6 Å². The molecule has 1 saturated heterocycles. The van der Waals surface area contributed by atoms with E-state index in [4.69, 9.17) is 5.11 Å². The Bertz CT molecular complexity index is 189. The summed E-state index contributed by atoms with van der Waals surface area (Å²) in [7, 11) is 0. The highest BCUT2D eigenvalue weighted by molar-refractivity contribution is 5.76. The lowest BCUT2D eigenvalue weighted by molar-refractivity contribution is -0.122. The lowest BCUT2D eigenvalue weighted by Gasteiger charge is -2.22. The van der Waals surface area contributed by atoms with Gasteiger partial charge in [-0.15, -0.1) is 0 Å². The van der Waals surface area contributed by atoms with E-state index in [1.165, 1.54) is 6.42 Å². The molecule has 0 spiro atoms. The molecule has 0 aliphatic carbocycles. The van der Waals surface area contributed by atoms with Crippen LogP contribution in [0.15, 0.2) is 0 Å². The number of hydrogen-bond donors (Lipinski definition) is 3. The van der Waals surface area contributed by atoms with E-state index in [1.54, 1.807) is 6.92 Å². The average Bonchev–Trinajstić information content (AvgIpc) is 2.18. The van der Waals surface area contributed by atoms with Gasteiger partial charge in [-0.3, -0.25) is 4.79 Å². The number of carbonyl (C=O) groups is 1. The summed E-state index contributed by atoms with van der Waals surface area (Å²) in [6, 6.07) is 0. The van der Waals surface area contributed by atoms with Crippen LogP contribution in [0.4, 0.5) is 0 Å². The van der Waals surface area contributed by atoms with Crippen molar-refractivity contribution in [3.63, 3.8) is 0 Å². The maximum absolute atomic E-state index is 11.5. The fourth-order valence-corrected chi connectivity index (χ4v) is 1.85. The van der Waals surface area contributed by atoms with Crippen molar-refractivity contribution in [3.8, 4) is 0 Å². The molecule has 1 fully saturated rings. The van der Waals surface area contributed by atoms with Gasteiger partial charge in [0.2, 0.25) is 5.91 Å². The molecule has 3 N–H and O–H groups in total. The van der Waals surface area contributed by atoms with Crippen LogP contribution >= 0.6 is 0 Å². The van der Waals surface area contributed by atoms with Crippen molar-refractivity contribution in [2.75, 3.05) is 19.6 Å². The van der Waals surface area contributed by atoms with Crippen molar-refractivity contribution in [1.82, 2.24) is 10.6 Å². The summed E-state index contributed by atoms with van der Waals surface area (Å²) in [5, 5.41) is 15.2. The summed E-state index contributed by atoms with van der Waals surface area (Å²) in [6.07, 6.45) is 3.24. The summed E-state index contributed by atoms with van der Waals surface area (Å²) in [5.41, 5.74) is 0. The molecular weight excluding hydrogens is 192 g/mol. The monoisotopic (exact) mass is 214 g/mol. The van der Waals surface area contributed by atoms with Crippen LogP contribution in [0, 0.1) is 5.92 Å². The van der Waals surface area contributed by atoms with E-state index >= 15 is 0 Å². The molecule has 4 heteroatoms. The number of hydrogen-bond acceptors (Lipinski definition) is 3. The quantitative estimate of drug-likeness (QED) is 0.615. The summed E-state index contributed by atoms with van der Waals surface area (Å²) < 4.78 is 0. The number of aliphatic hydroxyl groups excluding tert-OH is 1. The molecule has 2 unspecified atom stereocenters. The zero-order valence-electron chi connectivity index (χ0n) is 9.46. The number of rotatable bonds is 5. The first-order chi connectivity index (χ1) is 7.18. The van der Waals surface area contributed by atoms with Gasteiger partial charge in [-0.1, -0.05) is 0 Å². The highest BCUT2D eigenvalue weighted by Gasteiger charge is 2.16. The van der Waals surface area contributed by atoms with E-state index in [0.717, 1.165) is 19.5 Å². The second-order valence-corrected chi connectivity index (χ2v) is 4.40. The summed E-state index contributed by atoms with van der Waals surface area (Å²) in [5.74, 6) is 0.606. The van der Waals surface area contributed by atoms with Gasteiger partial charge in [0.15, 0.2) is 0 Å². The number of amides is 1. The zero-order valence-corrected chi connectivity index (χ0v) is 9.46. The number of aliphatic hydroxyl groups is 1. The van der Waals surface area contributed by atoms with E-state index in [-0.39, 0.29) is 12.0 Å². The molecule has 15 heavy (non-hydrogen) atoms. The Kier molecular flexibility index (Phi) is 5.65. The smallest absolute Gasteiger partial charge is 0.220 e. The normalized spacial score (nSPS) is 23.5. The van der Waals surface area contributed by atoms with Gasteiger partial charge in [0, 0.05) is 13.0 Å². The molecule has 88 valence electrons. The third-order valence-corrected chi connectivity index (χ3v) is 2.76. The molecule has 1 heterocycles. The third kappa shape index (κ3) is 5.74. The molecule has 0 aromatic heterocycles. The molecule has 0 saturated carbocycles. The number of carbonyl (C=O) groups excluding carboxylic acids is 1. The molecule has 4 nitrogen and oxygen atoms in total. The van der Waals surface area contributed by atoms with Crippen molar-refractivity contribution < 1.29 is 9.90 Å². The first-order valence-corrected chi connectivity index (χ1v) is 5.84. The standard InChI is InChI=1S/C11H22N2O2/c1-9(14)4-6-13-11(15)7-10-3-2-5-12-8-10/h9-10,12,14H,2-8H2,1H3,(H,13,15). The minimum absolute atomic E-state index is 0.115. The Morgan fingerprint density at radius 1 is 1.67 bits per heavy atom. The van der Waals surface area contributed by atoms with Crippen LogP contribution in [0.25, 0.3) is 0 Å². The maximum atomic E-state index is 11.5. The van der Waals surface area contributed by atoms with Crippen LogP contribution in [0.5, 0.6) is 0 Å². The van der Waals surface area contributed by atoms with Gasteiger partial charge in [0.05, 0.1) is 6.10 Å². The first-order valence-electron chi connectivity index (χ1n) is 5.84. The largest absolute Gasteiger partial charge is 0.393 e. The van der Waals surface area contributed by atoms with Crippen molar-refractivity contribution >= 4 is 5.91 Å². The molecule has 1 amide bonds. The predicted octanol–water partition coefficient (Wildman–Crippen LogP) is 0.263. The highest BCUT2D eigenvalue weighted by Crippen LogP contribution is 2.13. The molecule has 0 aromatic carbocycles. The van der Waals surface area contributed by atoms with Gasteiger partial charge in [-0.2, -0.15) is 0 Å². The van der Waals surface area contributed by atoms with Crippen molar-refractivity contribution in [3.05, 3.63) is 0 Å². The first kappa shape index (κ1) is 12.5. The van der Waals surface area contributed by atoms with E-state index in [1.807, 2.05) is 0 Å². The van der Waals surface area contributed by atoms with E-state index in [9.17, 15) is 4.79 Å². The van der Waals surface area contributed by atoms with Gasteiger partial charge in [0.25, 0.3) is 0 Å². The minimum atomic E-state index is -0.332. The molecule has 0 bridgehead atoms. The molecule has 1 aliphatic rings. The van der Waals surface area contributed by atoms with Crippen molar-refractivity contribution in [2.24, 2.45) is 5.92 Å². The lowest BCUT2D eigenvalue weighted by atomic mass is 9.96. The highest BCUT2D eigenvalue weighted by atomic mass is 16.3. The summed E-state index contributed by atoms with van der Waals surface area (Å²) in [6.45, 7) is 4.36. The van der Waals surface area contributed by atoms with E-state index in [0.29, 0.717) is 25.3 Å². The van der Waals surface area contributed by atoms with Gasteiger partial charge in [-0.05, 0) is 45.2 Å². The van der Waals surface area contributed by atoms with Crippen LogP contribution in [-0.4, -0.2) is 36.8 Å². The number of piperidine rings is 1. The van der Waals surface area contributed by atoms with Crippen molar-refractivity contribution in [2.45, 2.75) is 38.7 Å². The van der Waals surface area contributed by atoms with Crippen LogP contribution in [-0.2, 0) is 4.79 Å². The number of nitrogens with one attached hydrogen (secondary N) is 2. The Morgan fingerprint density at radius 2 is 2.47 bits per heavy atom. The molecule has 0 radical (unpaired) electrons. The second-order valence-electron chi connectivity index (χ2n) is 4.40. The Balaban J connectivity index is 2.06. The zero-order chi connectivity index (χ0) is 11.1. The average molecular weight is 214 g/mol. The van der Waals surface area contributed by atoms with Crippen LogP contribution in [0.1, 0.15) is 32.6 Å². The molecule has 2 atom stereocenters. The van der Waals surface area contributed by atoms with Crippen LogP contribution in [0.2, 0.25) is 0 Å². The van der Waals surface area contributed by atoms with Gasteiger partial charge in [0.1, 0.15) is 0 Å². The SMILES string of the molecule is CC(O)CCNC(=O)CC1CCCNC1. The van der Waals surface area contributed by atoms with Crippen LogP contribution in [0.3, 0.4) is 0 Å². The van der Waals surface area contributed by atoms with Gasteiger partial charge in [-0.25, -0.2) is 0 Å². The minimum Gasteiger partial charge on any atom is -0.393 e. The van der Waals surface area contributed by atoms with Crippen molar-refractivity contribution in [1.29, 1.82) is 0 Å².